The van der Waals surface area contributed by atoms with E-state index in [1.54, 1.807) is 0 Å². The van der Waals surface area contributed by atoms with E-state index < -0.39 is 0 Å². The predicted octanol–water partition coefficient (Wildman–Crippen LogP) is 3.80. The Balaban J connectivity index is 2.66. The Morgan fingerprint density at radius 2 is 1.85 bits per heavy atom. The van der Waals surface area contributed by atoms with Gasteiger partial charge in [0.05, 0.1) is 7.85 Å². The summed E-state index contributed by atoms with van der Waals surface area (Å²) < 4.78 is 0. The van der Waals surface area contributed by atoms with Gasteiger partial charge >= 0.3 is 0 Å². The van der Waals surface area contributed by atoms with Gasteiger partial charge in [-0.3, -0.25) is 0 Å². The van der Waals surface area contributed by atoms with Crippen LogP contribution in [-0.2, 0) is 0 Å². The molecule has 0 aromatic heterocycles. The van der Waals surface area contributed by atoms with Crippen LogP contribution in [-0.4, -0.2) is 7.85 Å². The second kappa shape index (κ2) is 4.69. The molecule has 1 heteroatoms. The largest absolute Gasteiger partial charge is 0.0877 e. The van der Waals surface area contributed by atoms with Gasteiger partial charge in [0.2, 0.25) is 0 Å². The molecule has 0 amide bonds. The van der Waals surface area contributed by atoms with Crippen LogP contribution in [0.5, 0.6) is 0 Å². The highest BCUT2D eigenvalue weighted by molar-refractivity contribution is 6.17. The molecular formula is C12H19B. The topological polar surface area (TPSA) is 0 Å². The highest BCUT2D eigenvalue weighted by Crippen LogP contribution is 2.45. The van der Waals surface area contributed by atoms with Crippen LogP contribution in [0.25, 0.3) is 0 Å². The van der Waals surface area contributed by atoms with E-state index in [4.69, 9.17) is 7.85 Å². The SMILES string of the molecule is [B]C1(/C(C)=C/C=C\C)CCCCC1. The van der Waals surface area contributed by atoms with Crippen LogP contribution in [0.4, 0.5) is 0 Å². The normalized spacial score (nSPS) is 23.7. The minimum atomic E-state index is -0.00222. The van der Waals surface area contributed by atoms with Crippen molar-refractivity contribution in [1.82, 2.24) is 0 Å². The zero-order valence-electron chi connectivity index (χ0n) is 8.84. The first-order valence-corrected chi connectivity index (χ1v) is 5.28. The summed E-state index contributed by atoms with van der Waals surface area (Å²) in [5.74, 6) is 0. The zero-order valence-corrected chi connectivity index (χ0v) is 8.84. The van der Waals surface area contributed by atoms with Gasteiger partial charge in [0.1, 0.15) is 0 Å². The van der Waals surface area contributed by atoms with Crippen LogP contribution >= 0.6 is 0 Å². The Labute approximate surface area is 83.5 Å². The summed E-state index contributed by atoms with van der Waals surface area (Å²) in [5.41, 5.74) is 1.34. The molecule has 1 fully saturated rings. The summed E-state index contributed by atoms with van der Waals surface area (Å²) in [4.78, 5) is 0. The van der Waals surface area contributed by atoms with Crippen molar-refractivity contribution in [3.05, 3.63) is 23.8 Å². The Morgan fingerprint density at radius 3 is 2.38 bits per heavy atom. The van der Waals surface area contributed by atoms with E-state index in [1.165, 1.54) is 24.8 Å². The van der Waals surface area contributed by atoms with E-state index in [1.807, 2.05) is 6.92 Å². The first-order chi connectivity index (χ1) is 6.19. The third kappa shape index (κ3) is 2.75. The molecule has 13 heavy (non-hydrogen) atoms. The summed E-state index contributed by atoms with van der Waals surface area (Å²) in [6.07, 6.45) is 12.5. The van der Waals surface area contributed by atoms with Gasteiger partial charge in [-0.2, -0.15) is 0 Å². The van der Waals surface area contributed by atoms with Gasteiger partial charge in [-0.25, -0.2) is 0 Å². The number of hydrogen-bond acceptors (Lipinski definition) is 0. The average molecular weight is 174 g/mol. The number of rotatable bonds is 2. The Morgan fingerprint density at radius 1 is 1.23 bits per heavy atom. The van der Waals surface area contributed by atoms with E-state index in [0.717, 1.165) is 12.8 Å². The van der Waals surface area contributed by atoms with Gasteiger partial charge in [-0.1, -0.05) is 55.9 Å². The summed E-state index contributed by atoms with van der Waals surface area (Å²) in [7, 11) is 6.34. The standard InChI is InChI=1S/C12H19B/c1-3-4-8-11(2)12(13)9-6-5-7-10-12/h3-4,8H,5-7,9-10H2,1-2H3/b4-3-,11-8+. The van der Waals surface area contributed by atoms with Crippen LogP contribution in [0.15, 0.2) is 23.8 Å². The minimum absolute atomic E-state index is 0.00222. The lowest BCUT2D eigenvalue weighted by Gasteiger charge is -2.35. The number of allylic oxidation sites excluding steroid dienone is 4. The Hall–Kier alpha value is -0.455. The molecule has 0 aliphatic heterocycles. The fourth-order valence-electron chi connectivity index (χ4n) is 1.98. The quantitative estimate of drug-likeness (QED) is 0.441. The maximum absolute atomic E-state index is 6.34. The second-order valence-corrected chi connectivity index (χ2v) is 4.09. The monoisotopic (exact) mass is 174 g/mol. The van der Waals surface area contributed by atoms with Crippen LogP contribution in [0.1, 0.15) is 46.0 Å². The molecular weight excluding hydrogens is 155 g/mol. The van der Waals surface area contributed by atoms with E-state index in [0.29, 0.717) is 0 Å². The fraction of sp³-hybridized carbons (Fsp3) is 0.667. The average Bonchev–Trinajstić information content (AvgIpc) is 2.15. The first-order valence-electron chi connectivity index (χ1n) is 5.28. The van der Waals surface area contributed by atoms with Crippen LogP contribution in [0.3, 0.4) is 0 Å². The van der Waals surface area contributed by atoms with Crippen LogP contribution in [0, 0.1) is 0 Å². The molecule has 0 nitrogen and oxygen atoms in total. The van der Waals surface area contributed by atoms with Crippen LogP contribution < -0.4 is 0 Å². The van der Waals surface area contributed by atoms with Crippen molar-refractivity contribution < 1.29 is 0 Å². The molecule has 0 spiro atoms. The van der Waals surface area contributed by atoms with Gasteiger partial charge in [0.15, 0.2) is 0 Å². The molecule has 0 bridgehead atoms. The maximum atomic E-state index is 6.34. The third-order valence-electron chi connectivity index (χ3n) is 3.07. The van der Waals surface area contributed by atoms with Crippen LogP contribution in [0.2, 0.25) is 5.31 Å². The summed E-state index contributed by atoms with van der Waals surface area (Å²) in [6.45, 7) is 4.19. The Kier molecular flexibility index (Phi) is 3.83. The van der Waals surface area contributed by atoms with Crippen molar-refractivity contribution in [3.8, 4) is 0 Å². The van der Waals surface area contributed by atoms with Crippen molar-refractivity contribution >= 4 is 7.85 Å². The van der Waals surface area contributed by atoms with E-state index >= 15 is 0 Å². The van der Waals surface area contributed by atoms with Crippen molar-refractivity contribution in [2.24, 2.45) is 0 Å². The predicted molar refractivity (Wildman–Crippen MR) is 60.1 cm³/mol. The molecule has 0 atom stereocenters. The lowest BCUT2D eigenvalue weighted by molar-refractivity contribution is 0.420. The lowest BCUT2D eigenvalue weighted by Crippen LogP contribution is -2.18. The smallest absolute Gasteiger partial charge is 0.0805 e. The number of hydrogen-bond donors (Lipinski definition) is 0. The molecule has 1 aliphatic rings. The molecule has 2 radical (unpaired) electrons. The Bertz CT molecular complexity index is 207. The van der Waals surface area contributed by atoms with Gasteiger partial charge in [0, 0.05) is 0 Å². The highest BCUT2D eigenvalue weighted by Gasteiger charge is 2.27. The molecule has 1 saturated carbocycles. The molecule has 1 aliphatic carbocycles. The van der Waals surface area contributed by atoms with Gasteiger partial charge in [-0.05, 0) is 19.2 Å². The third-order valence-corrected chi connectivity index (χ3v) is 3.07. The summed E-state index contributed by atoms with van der Waals surface area (Å²) in [6, 6.07) is 0. The van der Waals surface area contributed by atoms with Crippen molar-refractivity contribution in [2.45, 2.75) is 51.3 Å². The van der Waals surface area contributed by atoms with E-state index in [-0.39, 0.29) is 5.31 Å². The molecule has 1 rings (SSSR count). The first kappa shape index (κ1) is 10.6. The van der Waals surface area contributed by atoms with Crippen molar-refractivity contribution in [3.63, 3.8) is 0 Å². The van der Waals surface area contributed by atoms with Gasteiger partial charge < -0.3 is 0 Å². The van der Waals surface area contributed by atoms with Gasteiger partial charge in [0.25, 0.3) is 0 Å². The minimum Gasteiger partial charge on any atom is -0.0877 e. The molecule has 0 aromatic rings. The van der Waals surface area contributed by atoms with Crippen molar-refractivity contribution in [2.75, 3.05) is 0 Å². The molecule has 0 heterocycles. The second-order valence-electron chi connectivity index (χ2n) is 4.09. The maximum Gasteiger partial charge on any atom is 0.0805 e. The lowest BCUT2D eigenvalue weighted by atomic mass is 9.56. The summed E-state index contributed by atoms with van der Waals surface area (Å²) >= 11 is 0. The van der Waals surface area contributed by atoms with E-state index in [9.17, 15) is 0 Å². The van der Waals surface area contributed by atoms with E-state index in [2.05, 4.69) is 25.2 Å². The molecule has 0 N–H and O–H groups in total. The highest BCUT2D eigenvalue weighted by atomic mass is 14.3. The summed E-state index contributed by atoms with van der Waals surface area (Å²) in [5, 5.41) is -0.00222. The van der Waals surface area contributed by atoms with Gasteiger partial charge in [-0.15, -0.1) is 0 Å². The molecule has 70 valence electrons. The fourth-order valence-corrected chi connectivity index (χ4v) is 1.98. The zero-order chi connectivity index (χ0) is 9.73. The molecule has 0 saturated heterocycles. The molecule has 0 unspecified atom stereocenters. The van der Waals surface area contributed by atoms with Crippen molar-refractivity contribution in [1.29, 1.82) is 0 Å². The molecule has 0 aromatic carbocycles.